The number of aliphatic hydroxyl groups excluding tert-OH is 1. The molecule has 148 valence electrons. The first-order valence-electron chi connectivity index (χ1n) is 10.1. The molecular weight excluding hydrogens is 344 g/mol. The van der Waals surface area contributed by atoms with E-state index in [-0.39, 0.29) is 29.9 Å². The smallest absolute Gasteiger partial charge is 0.314 e. The first-order chi connectivity index (χ1) is 12.9. The van der Waals surface area contributed by atoms with E-state index in [4.69, 9.17) is 9.47 Å². The molecule has 5 heteroatoms. The maximum Gasteiger partial charge on any atom is 0.314 e. The van der Waals surface area contributed by atoms with Gasteiger partial charge in [0.15, 0.2) is 0 Å². The van der Waals surface area contributed by atoms with Crippen molar-refractivity contribution >= 4 is 11.9 Å². The molecule has 0 atom stereocenters. The van der Waals surface area contributed by atoms with E-state index in [0.29, 0.717) is 43.1 Å². The second kappa shape index (κ2) is 8.87. The van der Waals surface area contributed by atoms with Crippen molar-refractivity contribution in [3.63, 3.8) is 0 Å². The third-order valence-corrected chi connectivity index (χ3v) is 5.95. The van der Waals surface area contributed by atoms with E-state index < -0.39 is 0 Å². The van der Waals surface area contributed by atoms with Crippen LogP contribution in [0.3, 0.4) is 0 Å². The highest BCUT2D eigenvalue weighted by Crippen LogP contribution is 2.31. The summed E-state index contributed by atoms with van der Waals surface area (Å²) in [6, 6.07) is 5.11. The van der Waals surface area contributed by atoms with Crippen molar-refractivity contribution in [1.29, 1.82) is 0 Å². The minimum absolute atomic E-state index is 0.0141. The molecule has 0 spiro atoms. The molecule has 0 bridgehead atoms. The molecule has 0 aliphatic heterocycles. The quantitative estimate of drug-likeness (QED) is 0.632. The average Bonchev–Trinajstić information content (AvgIpc) is 2.65. The van der Waals surface area contributed by atoms with Crippen LogP contribution in [0, 0.1) is 24.7 Å². The van der Waals surface area contributed by atoms with E-state index in [1.54, 1.807) is 18.2 Å². The van der Waals surface area contributed by atoms with Crippen LogP contribution in [0.25, 0.3) is 0 Å². The van der Waals surface area contributed by atoms with Crippen LogP contribution in [0.2, 0.25) is 0 Å². The molecular formula is C22H30O5. The molecule has 2 aliphatic rings. The second-order valence-electron chi connectivity index (χ2n) is 8.23. The van der Waals surface area contributed by atoms with Crippen LogP contribution in [0.1, 0.15) is 63.9 Å². The summed E-state index contributed by atoms with van der Waals surface area (Å²) >= 11 is 0. The number of carbonyl (C=O) groups excluding carboxylic acids is 2. The Bertz CT molecular complexity index is 667. The van der Waals surface area contributed by atoms with Crippen LogP contribution >= 0.6 is 0 Å². The summed E-state index contributed by atoms with van der Waals surface area (Å²) in [6.07, 6.45) is 6.26. The maximum absolute atomic E-state index is 12.4. The van der Waals surface area contributed by atoms with E-state index in [2.05, 4.69) is 6.92 Å². The number of ether oxygens (including phenoxy) is 2. The molecule has 0 aromatic heterocycles. The molecule has 0 radical (unpaired) electrons. The van der Waals surface area contributed by atoms with E-state index in [9.17, 15) is 14.7 Å². The predicted octanol–water partition coefficient (Wildman–Crippen LogP) is 4.18. The Hall–Kier alpha value is -1.88. The van der Waals surface area contributed by atoms with Gasteiger partial charge in [0.25, 0.3) is 0 Å². The third-order valence-electron chi connectivity index (χ3n) is 5.95. The standard InChI is InChI=1S/C22H30O5/c1-14-3-5-16(6-4-14)22(25)27-20-12-11-19(13-15(20)2)26-21(24)17-7-9-18(23)10-8-17/h11-14,16-18,23H,3-10H2,1-2H3. The summed E-state index contributed by atoms with van der Waals surface area (Å²) < 4.78 is 11.1. The Labute approximate surface area is 161 Å². The number of rotatable bonds is 4. The van der Waals surface area contributed by atoms with E-state index in [0.717, 1.165) is 31.2 Å². The summed E-state index contributed by atoms with van der Waals surface area (Å²) in [6.45, 7) is 4.07. The lowest BCUT2D eigenvalue weighted by molar-refractivity contribution is -0.141. The van der Waals surface area contributed by atoms with Gasteiger partial charge in [-0.15, -0.1) is 0 Å². The van der Waals surface area contributed by atoms with Gasteiger partial charge in [-0.05, 0) is 88.0 Å². The zero-order valence-corrected chi connectivity index (χ0v) is 16.3. The number of carbonyl (C=O) groups is 2. The number of benzene rings is 1. The fourth-order valence-corrected chi connectivity index (χ4v) is 4.00. The first-order valence-corrected chi connectivity index (χ1v) is 10.1. The van der Waals surface area contributed by atoms with Gasteiger partial charge in [-0.1, -0.05) is 6.92 Å². The van der Waals surface area contributed by atoms with Gasteiger partial charge in [-0.2, -0.15) is 0 Å². The highest BCUT2D eigenvalue weighted by Gasteiger charge is 2.28. The molecule has 1 aromatic carbocycles. The third kappa shape index (κ3) is 5.32. The van der Waals surface area contributed by atoms with Gasteiger partial charge in [-0.25, -0.2) is 0 Å². The minimum Gasteiger partial charge on any atom is -0.426 e. The number of aryl methyl sites for hydroxylation is 1. The molecule has 0 amide bonds. The molecule has 27 heavy (non-hydrogen) atoms. The second-order valence-corrected chi connectivity index (χ2v) is 8.23. The number of esters is 2. The molecule has 1 N–H and O–H groups in total. The van der Waals surface area contributed by atoms with E-state index >= 15 is 0 Å². The summed E-state index contributed by atoms with van der Waals surface area (Å²) in [5.74, 6) is 1.11. The van der Waals surface area contributed by atoms with Crippen LogP contribution < -0.4 is 9.47 Å². The lowest BCUT2D eigenvalue weighted by Gasteiger charge is -2.25. The Balaban J connectivity index is 1.55. The topological polar surface area (TPSA) is 72.8 Å². The molecule has 3 rings (SSSR count). The van der Waals surface area contributed by atoms with Gasteiger partial charge in [0.05, 0.1) is 17.9 Å². The number of hydrogen-bond acceptors (Lipinski definition) is 5. The van der Waals surface area contributed by atoms with Crippen LogP contribution in [-0.2, 0) is 9.59 Å². The lowest BCUT2D eigenvalue weighted by Crippen LogP contribution is -2.27. The van der Waals surface area contributed by atoms with Gasteiger partial charge in [0.2, 0.25) is 0 Å². The van der Waals surface area contributed by atoms with Crippen LogP contribution in [-0.4, -0.2) is 23.1 Å². The van der Waals surface area contributed by atoms with Crippen molar-refractivity contribution in [3.05, 3.63) is 23.8 Å². The van der Waals surface area contributed by atoms with Gasteiger partial charge < -0.3 is 14.6 Å². The monoisotopic (exact) mass is 374 g/mol. The average molecular weight is 374 g/mol. The normalized spacial score (nSPS) is 28.4. The Morgan fingerprint density at radius 2 is 1.44 bits per heavy atom. The minimum atomic E-state index is -0.294. The molecule has 2 fully saturated rings. The molecule has 1 aromatic rings. The Kier molecular flexibility index (Phi) is 6.53. The molecule has 0 unspecified atom stereocenters. The van der Waals surface area contributed by atoms with E-state index in [1.165, 1.54) is 0 Å². The molecule has 2 saturated carbocycles. The Morgan fingerprint density at radius 3 is 2.04 bits per heavy atom. The predicted molar refractivity (Wildman–Crippen MR) is 102 cm³/mol. The van der Waals surface area contributed by atoms with Crippen molar-refractivity contribution in [2.24, 2.45) is 17.8 Å². The van der Waals surface area contributed by atoms with Crippen LogP contribution in [0.4, 0.5) is 0 Å². The molecule has 2 aliphatic carbocycles. The Morgan fingerprint density at radius 1 is 0.889 bits per heavy atom. The van der Waals surface area contributed by atoms with E-state index in [1.807, 2.05) is 6.92 Å². The summed E-state index contributed by atoms with van der Waals surface area (Å²) in [4.78, 5) is 24.7. The van der Waals surface area contributed by atoms with Gasteiger partial charge >= 0.3 is 11.9 Å². The fourth-order valence-electron chi connectivity index (χ4n) is 4.00. The zero-order valence-electron chi connectivity index (χ0n) is 16.3. The van der Waals surface area contributed by atoms with Crippen LogP contribution in [0.15, 0.2) is 18.2 Å². The lowest BCUT2D eigenvalue weighted by atomic mass is 9.83. The van der Waals surface area contributed by atoms with Crippen molar-refractivity contribution in [2.45, 2.75) is 71.3 Å². The SMILES string of the molecule is Cc1cc(OC(=O)C2CCC(O)CC2)ccc1OC(=O)C1CCC(C)CC1. The highest BCUT2D eigenvalue weighted by atomic mass is 16.5. The van der Waals surface area contributed by atoms with Crippen molar-refractivity contribution in [2.75, 3.05) is 0 Å². The highest BCUT2D eigenvalue weighted by molar-refractivity contribution is 5.76. The van der Waals surface area contributed by atoms with Crippen LogP contribution in [0.5, 0.6) is 11.5 Å². The largest absolute Gasteiger partial charge is 0.426 e. The number of aliphatic hydroxyl groups is 1. The molecule has 0 saturated heterocycles. The van der Waals surface area contributed by atoms with Gasteiger partial charge in [-0.3, -0.25) is 9.59 Å². The fraction of sp³-hybridized carbons (Fsp3) is 0.636. The summed E-state index contributed by atoms with van der Waals surface area (Å²) in [5.41, 5.74) is 0.775. The van der Waals surface area contributed by atoms with Crippen molar-refractivity contribution in [3.8, 4) is 11.5 Å². The van der Waals surface area contributed by atoms with Crippen molar-refractivity contribution in [1.82, 2.24) is 0 Å². The zero-order chi connectivity index (χ0) is 19.4. The maximum atomic E-state index is 12.4. The summed E-state index contributed by atoms with van der Waals surface area (Å²) in [5, 5.41) is 9.55. The molecule has 5 nitrogen and oxygen atoms in total. The molecule has 0 heterocycles. The van der Waals surface area contributed by atoms with Gasteiger partial charge in [0, 0.05) is 0 Å². The van der Waals surface area contributed by atoms with Crippen molar-refractivity contribution < 1.29 is 24.2 Å². The first kappa shape index (κ1) is 19.9. The number of hydrogen-bond donors (Lipinski definition) is 1. The summed E-state index contributed by atoms with van der Waals surface area (Å²) in [7, 11) is 0. The van der Waals surface area contributed by atoms with Gasteiger partial charge in [0.1, 0.15) is 11.5 Å².